The number of ether oxygens (including phenoxy) is 1. The Morgan fingerprint density at radius 3 is 2.73 bits per heavy atom. The average Bonchev–Trinajstić information content (AvgIpc) is 3.10. The second-order valence-electron chi connectivity index (χ2n) is 6.56. The quantitative estimate of drug-likeness (QED) is 0.472. The Morgan fingerprint density at radius 2 is 2.07 bits per heavy atom. The molecule has 0 saturated carbocycles. The van der Waals surface area contributed by atoms with Crippen LogP contribution in [0.2, 0.25) is 5.02 Å². The van der Waals surface area contributed by atoms with E-state index < -0.39 is 5.25 Å². The van der Waals surface area contributed by atoms with Crippen LogP contribution in [0.4, 0.5) is 5.69 Å². The number of hydrogen-bond acceptors (Lipinski definition) is 5. The molecule has 1 aromatic heterocycles. The van der Waals surface area contributed by atoms with Gasteiger partial charge in [-0.3, -0.25) is 9.36 Å². The van der Waals surface area contributed by atoms with Crippen LogP contribution in [0.15, 0.2) is 58.5 Å². The number of halogens is 1. The monoisotopic (exact) mass is 446 g/mol. The second kappa shape index (κ2) is 10.4. The predicted octanol–water partition coefficient (Wildman–Crippen LogP) is 4.51. The van der Waals surface area contributed by atoms with Crippen molar-refractivity contribution < 1.29 is 9.53 Å². The fraction of sp³-hybridized carbons (Fsp3) is 0.286. The van der Waals surface area contributed by atoms with Gasteiger partial charge in [-0.1, -0.05) is 67.0 Å². The largest absolute Gasteiger partial charge is 0.495 e. The Labute approximate surface area is 183 Å². The Balaban J connectivity index is 1.88. The molecular weight excluding hydrogens is 424 g/mol. The molecule has 2 N–H and O–H groups in total. The maximum absolute atomic E-state index is 13.2. The van der Waals surface area contributed by atoms with Crippen LogP contribution in [-0.2, 0) is 11.3 Å². The number of aromatic amines is 1. The van der Waals surface area contributed by atoms with Crippen molar-refractivity contribution in [2.45, 2.75) is 36.7 Å². The molecule has 0 aliphatic heterocycles. The number of methoxy groups -OCH3 is 1. The molecule has 1 heterocycles. The van der Waals surface area contributed by atoms with Gasteiger partial charge in [0.25, 0.3) is 0 Å². The zero-order chi connectivity index (χ0) is 21.5. The lowest BCUT2D eigenvalue weighted by Gasteiger charge is -2.17. The first kappa shape index (κ1) is 22.0. The van der Waals surface area contributed by atoms with Gasteiger partial charge < -0.3 is 10.1 Å². The number of unbranched alkanes of at least 4 members (excludes halogenated alkanes) is 1. The molecule has 0 fully saturated rings. The Hall–Kier alpha value is -2.71. The molecule has 0 saturated heterocycles. The molecule has 9 heteroatoms. The lowest BCUT2D eigenvalue weighted by molar-refractivity contribution is -0.115. The van der Waals surface area contributed by atoms with Gasteiger partial charge in [0.1, 0.15) is 11.0 Å². The number of nitrogens with one attached hydrogen (secondary N) is 2. The van der Waals surface area contributed by atoms with E-state index in [0.717, 1.165) is 18.4 Å². The van der Waals surface area contributed by atoms with Gasteiger partial charge in [0.2, 0.25) is 5.91 Å². The highest BCUT2D eigenvalue weighted by Crippen LogP contribution is 2.35. The zero-order valence-corrected chi connectivity index (χ0v) is 18.3. The number of nitrogens with zero attached hydrogens (tertiary/aromatic N) is 2. The molecule has 1 atom stereocenters. The van der Waals surface area contributed by atoms with E-state index in [1.54, 1.807) is 22.8 Å². The highest BCUT2D eigenvalue weighted by atomic mass is 35.5. The van der Waals surface area contributed by atoms with Gasteiger partial charge in [0.05, 0.1) is 12.1 Å². The van der Waals surface area contributed by atoms with Gasteiger partial charge in [-0.25, -0.2) is 9.89 Å². The predicted molar refractivity (Wildman–Crippen MR) is 119 cm³/mol. The Kier molecular flexibility index (Phi) is 7.59. The fourth-order valence-corrected chi connectivity index (χ4v) is 4.19. The molecule has 0 spiro atoms. The summed E-state index contributed by atoms with van der Waals surface area (Å²) >= 11 is 7.41. The van der Waals surface area contributed by atoms with Crippen LogP contribution in [-0.4, -0.2) is 27.8 Å². The third-order valence-corrected chi connectivity index (χ3v) is 5.98. The minimum Gasteiger partial charge on any atom is -0.495 e. The molecule has 3 rings (SSSR count). The number of amides is 1. The lowest BCUT2D eigenvalue weighted by atomic mass is 10.1. The molecule has 7 nitrogen and oxygen atoms in total. The number of H-pyrrole nitrogens is 1. The van der Waals surface area contributed by atoms with E-state index in [0.29, 0.717) is 28.2 Å². The maximum atomic E-state index is 13.2. The summed E-state index contributed by atoms with van der Waals surface area (Å²) in [6.07, 6.45) is 1.79. The van der Waals surface area contributed by atoms with Gasteiger partial charge in [-0.2, -0.15) is 0 Å². The molecule has 2 aromatic carbocycles. The fourth-order valence-electron chi connectivity index (χ4n) is 2.86. The van der Waals surface area contributed by atoms with Crippen molar-refractivity contribution in [1.82, 2.24) is 14.8 Å². The minimum absolute atomic E-state index is 0.245. The summed E-state index contributed by atoms with van der Waals surface area (Å²) in [5.74, 6) is 0.282. The highest BCUT2D eigenvalue weighted by molar-refractivity contribution is 8.00. The Morgan fingerprint density at radius 1 is 1.30 bits per heavy atom. The highest BCUT2D eigenvalue weighted by Gasteiger charge is 2.25. The summed E-state index contributed by atoms with van der Waals surface area (Å²) in [6, 6.07) is 14.4. The molecule has 0 aliphatic rings. The molecule has 0 aliphatic carbocycles. The normalized spacial score (nSPS) is 11.8. The van der Waals surface area contributed by atoms with E-state index in [9.17, 15) is 9.59 Å². The molecular formula is C21H23ClN4O3S. The lowest BCUT2D eigenvalue weighted by Crippen LogP contribution is -2.21. The molecule has 1 amide bonds. The van der Waals surface area contributed by atoms with Crippen molar-refractivity contribution in [3.63, 3.8) is 0 Å². The van der Waals surface area contributed by atoms with E-state index in [4.69, 9.17) is 16.3 Å². The number of hydrogen-bond donors (Lipinski definition) is 2. The molecule has 3 aromatic rings. The molecule has 0 unspecified atom stereocenters. The van der Waals surface area contributed by atoms with Crippen molar-refractivity contribution in [1.29, 1.82) is 0 Å². The summed E-state index contributed by atoms with van der Waals surface area (Å²) in [5, 5.41) is 9.78. The first-order chi connectivity index (χ1) is 14.5. The topological polar surface area (TPSA) is 89.0 Å². The number of anilines is 1. The first-order valence-corrected chi connectivity index (χ1v) is 10.8. The van der Waals surface area contributed by atoms with Crippen LogP contribution in [0.1, 0.15) is 30.6 Å². The van der Waals surface area contributed by atoms with Crippen molar-refractivity contribution in [3.8, 4) is 5.75 Å². The number of aromatic nitrogens is 3. The summed E-state index contributed by atoms with van der Waals surface area (Å²) in [6.45, 7) is 2.60. The summed E-state index contributed by atoms with van der Waals surface area (Å²) in [5.41, 5.74) is 1.08. The summed E-state index contributed by atoms with van der Waals surface area (Å²) in [4.78, 5) is 25.3. The first-order valence-electron chi connectivity index (χ1n) is 9.54. The van der Waals surface area contributed by atoms with Crippen LogP contribution < -0.4 is 15.7 Å². The third-order valence-electron chi connectivity index (χ3n) is 4.44. The third kappa shape index (κ3) is 5.25. The number of rotatable bonds is 9. The van der Waals surface area contributed by atoms with Crippen LogP contribution in [0.5, 0.6) is 5.75 Å². The van der Waals surface area contributed by atoms with Gasteiger partial charge in [0, 0.05) is 12.2 Å². The van der Waals surface area contributed by atoms with Crippen molar-refractivity contribution in [3.05, 3.63) is 69.6 Å². The molecule has 30 heavy (non-hydrogen) atoms. The van der Waals surface area contributed by atoms with E-state index in [1.807, 2.05) is 30.3 Å². The van der Waals surface area contributed by atoms with Crippen LogP contribution >= 0.6 is 23.4 Å². The van der Waals surface area contributed by atoms with Crippen molar-refractivity contribution in [2.24, 2.45) is 0 Å². The van der Waals surface area contributed by atoms with Gasteiger partial charge in [-0.05, 0) is 30.2 Å². The van der Waals surface area contributed by atoms with Gasteiger partial charge >= 0.3 is 5.69 Å². The summed E-state index contributed by atoms with van der Waals surface area (Å²) in [7, 11) is 1.53. The molecule has 0 bridgehead atoms. The van der Waals surface area contributed by atoms with Crippen LogP contribution in [0.25, 0.3) is 0 Å². The number of carbonyl (C=O) groups is 1. The van der Waals surface area contributed by atoms with E-state index >= 15 is 0 Å². The Bertz CT molecular complexity index is 1050. The maximum Gasteiger partial charge on any atom is 0.343 e. The average molecular weight is 447 g/mol. The van der Waals surface area contributed by atoms with Crippen molar-refractivity contribution >= 4 is 35.0 Å². The number of thioether (sulfide) groups is 1. The molecule has 0 radical (unpaired) electrons. The van der Waals surface area contributed by atoms with E-state index in [1.165, 1.54) is 18.9 Å². The SMILES string of the molecule is CCCCn1c(S[C@H](C(=O)Nc2ccc(OC)c(Cl)c2)c2ccccc2)n[nH]c1=O. The van der Waals surface area contributed by atoms with Crippen LogP contribution in [0.3, 0.4) is 0 Å². The van der Waals surface area contributed by atoms with E-state index in [-0.39, 0.29) is 11.6 Å². The van der Waals surface area contributed by atoms with Crippen LogP contribution in [0, 0.1) is 0 Å². The second-order valence-corrected chi connectivity index (χ2v) is 8.04. The number of benzene rings is 2. The van der Waals surface area contributed by atoms with E-state index in [2.05, 4.69) is 22.4 Å². The number of carbonyl (C=O) groups excluding carboxylic acids is 1. The standard InChI is InChI=1S/C21H23ClN4O3S/c1-3-4-12-26-20(28)24-25-21(26)30-18(14-8-6-5-7-9-14)19(27)23-15-10-11-17(29-2)16(22)13-15/h5-11,13,18H,3-4,12H2,1-2H3,(H,23,27)(H,24,28)/t18-/m0/s1. The van der Waals surface area contributed by atoms with Gasteiger partial charge in [0.15, 0.2) is 5.16 Å². The zero-order valence-electron chi connectivity index (χ0n) is 16.7. The molecule has 158 valence electrons. The smallest absolute Gasteiger partial charge is 0.343 e. The minimum atomic E-state index is -0.609. The van der Waals surface area contributed by atoms with Gasteiger partial charge in [-0.15, -0.1) is 5.10 Å². The van der Waals surface area contributed by atoms with Crippen molar-refractivity contribution in [2.75, 3.05) is 12.4 Å². The summed E-state index contributed by atoms with van der Waals surface area (Å²) < 4.78 is 6.73.